The van der Waals surface area contributed by atoms with Crippen molar-refractivity contribution in [1.29, 1.82) is 0 Å². The molecule has 0 spiro atoms. The van der Waals surface area contributed by atoms with Crippen molar-refractivity contribution in [2.45, 2.75) is 39.4 Å². The molecule has 2 aromatic rings. The monoisotopic (exact) mass is 280 g/mol. The molecule has 0 bridgehead atoms. The highest BCUT2D eigenvalue weighted by molar-refractivity contribution is 6.09. The number of hydrogen-bond acceptors (Lipinski definition) is 2. The third-order valence-electron chi connectivity index (χ3n) is 4.34. The SMILES string of the molecule is CCC(C)c1ccc(C(=O)c2ccc3c(c2)COC3)cc1. The van der Waals surface area contributed by atoms with Crippen LogP contribution < -0.4 is 0 Å². The van der Waals surface area contributed by atoms with Crippen LogP contribution in [-0.4, -0.2) is 5.78 Å². The van der Waals surface area contributed by atoms with Crippen LogP contribution >= 0.6 is 0 Å². The van der Waals surface area contributed by atoms with Gasteiger partial charge in [0, 0.05) is 11.1 Å². The van der Waals surface area contributed by atoms with Gasteiger partial charge in [-0.3, -0.25) is 4.79 Å². The van der Waals surface area contributed by atoms with Crippen molar-refractivity contribution in [1.82, 2.24) is 0 Å². The van der Waals surface area contributed by atoms with Crippen molar-refractivity contribution in [2.24, 2.45) is 0 Å². The Bertz CT molecular complexity index is 656. The number of hydrogen-bond donors (Lipinski definition) is 0. The summed E-state index contributed by atoms with van der Waals surface area (Å²) in [5, 5.41) is 0. The van der Waals surface area contributed by atoms with Gasteiger partial charge in [-0.1, -0.05) is 50.2 Å². The van der Waals surface area contributed by atoms with Crippen LogP contribution in [0.4, 0.5) is 0 Å². The summed E-state index contributed by atoms with van der Waals surface area (Å²) in [4.78, 5) is 12.6. The van der Waals surface area contributed by atoms with Crippen LogP contribution in [-0.2, 0) is 18.0 Å². The molecule has 1 aliphatic heterocycles. The summed E-state index contributed by atoms with van der Waals surface area (Å²) < 4.78 is 5.40. The molecule has 108 valence electrons. The first-order valence-electron chi connectivity index (χ1n) is 7.53. The minimum atomic E-state index is 0.0837. The quantitative estimate of drug-likeness (QED) is 0.773. The highest BCUT2D eigenvalue weighted by Crippen LogP contribution is 2.23. The van der Waals surface area contributed by atoms with Gasteiger partial charge in [-0.05, 0) is 35.1 Å². The van der Waals surface area contributed by atoms with E-state index in [4.69, 9.17) is 4.74 Å². The molecule has 2 aromatic carbocycles. The summed E-state index contributed by atoms with van der Waals surface area (Å²) in [6.45, 7) is 5.66. The molecule has 21 heavy (non-hydrogen) atoms. The van der Waals surface area contributed by atoms with Gasteiger partial charge in [0.15, 0.2) is 5.78 Å². The van der Waals surface area contributed by atoms with Gasteiger partial charge in [0.1, 0.15) is 0 Å². The van der Waals surface area contributed by atoms with Crippen LogP contribution in [0.25, 0.3) is 0 Å². The van der Waals surface area contributed by atoms with Gasteiger partial charge in [-0.25, -0.2) is 0 Å². The fourth-order valence-electron chi connectivity index (χ4n) is 2.68. The van der Waals surface area contributed by atoms with Gasteiger partial charge in [0.25, 0.3) is 0 Å². The molecule has 1 atom stereocenters. The average Bonchev–Trinajstić information content (AvgIpc) is 3.01. The summed E-state index contributed by atoms with van der Waals surface area (Å²) in [6, 6.07) is 13.9. The highest BCUT2D eigenvalue weighted by Gasteiger charge is 2.15. The van der Waals surface area contributed by atoms with Gasteiger partial charge in [0.2, 0.25) is 0 Å². The van der Waals surface area contributed by atoms with Crippen LogP contribution in [0.1, 0.15) is 58.8 Å². The lowest BCUT2D eigenvalue weighted by Gasteiger charge is -2.09. The topological polar surface area (TPSA) is 26.3 Å². The third kappa shape index (κ3) is 2.77. The molecule has 0 radical (unpaired) electrons. The van der Waals surface area contributed by atoms with Crippen LogP contribution in [0.5, 0.6) is 0 Å². The van der Waals surface area contributed by atoms with E-state index >= 15 is 0 Å². The first-order valence-corrected chi connectivity index (χ1v) is 7.53. The summed E-state index contributed by atoms with van der Waals surface area (Å²) in [7, 11) is 0. The Hall–Kier alpha value is -1.93. The number of ether oxygens (including phenoxy) is 1. The van der Waals surface area contributed by atoms with Crippen LogP contribution in [0.2, 0.25) is 0 Å². The third-order valence-corrected chi connectivity index (χ3v) is 4.34. The zero-order valence-electron chi connectivity index (χ0n) is 12.6. The smallest absolute Gasteiger partial charge is 0.193 e. The van der Waals surface area contributed by atoms with Crippen molar-refractivity contribution in [3.8, 4) is 0 Å². The molecule has 0 saturated heterocycles. The molecule has 0 aliphatic carbocycles. The van der Waals surface area contributed by atoms with E-state index in [0.717, 1.165) is 23.1 Å². The van der Waals surface area contributed by atoms with E-state index in [0.29, 0.717) is 19.1 Å². The molecule has 0 saturated carbocycles. The molecule has 0 aromatic heterocycles. The Morgan fingerprint density at radius 2 is 1.71 bits per heavy atom. The number of fused-ring (bicyclic) bond motifs is 1. The molecule has 0 N–H and O–H groups in total. The predicted octanol–water partition coefficient (Wildman–Crippen LogP) is 4.46. The minimum absolute atomic E-state index is 0.0837. The van der Waals surface area contributed by atoms with Crippen molar-refractivity contribution in [3.05, 3.63) is 70.3 Å². The average molecular weight is 280 g/mol. The highest BCUT2D eigenvalue weighted by atomic mass is 16.5. The lowest BCUT2D eigenvalue weighted by molar-refractivity contribution is 0.103. The normalized spacial score (nSPS) is 14.8. The zero-order valence-corrected chi connectivity index (χ0v) is 12.6. The molecule has 0 amide bonds. The Balaban J connectivity index is 1.85. The largest absolute Gasteiger partial charge is 0.372 e. The van der Waals surface area contributed by atoms with Gasteiger partial charge >= 0.3 is 0 Å². The van der Waals surface area contributed by atoms with E-state index in [2.05, 4.69) is 26.0 Å². The molecule has 3 rings (SSSR count). The fraction of sp³-hybridized carbons (Fsp3) is 0.316. The van der Waals surface area contributed by atoms with Crippen molar-refractivity contribution < 1.29 is 9.53 Å². The van der Waals surface area contributed by atoms with E-state index in [-0.39, 0.29) is 5.78 Å². The van der Waals surface area contributed by atoms with Crippen molar-refractivity contribution in [3.63, 3.8) is 0 Å². The Morgan fingerprint density at radius 3 is 2.43 bits per heavy atom. The van der Waals surface area contributed by atoms with E-state index in [1.165, 1.54) is 11.1 Å². The second-order valence-corrected chi connectivity index (χ2v) is 5.74. The molecule has 1 heterocycles. The molecule has 0 fully saturated rings. The van der Waals surface area contributed by atoms with Gasteiger partial charge in [-0.15, -0.1) is 0 Å². The van der Waals surface area contributed by atoms with E-state index in [9.17, 15) is 4.79 Å². The molecule has 2 nitrogen and oxygen atoms in total. The maximum Gasteiger partial charge on any atom is 0.193 e. The summed E-state index contributed by atoms with van der Waals surface area (Å²) >= 11 is 0. The molecule has 1 unspecified atom stereocenters. The first kappa shape index (κ1) is 14.0. The Morgan fingerprint density at radius 1 is 1.05 bits per heavy atom. The van der Waals surface area contributed by atoms with Crippen LogP contribution in [0.15, 0.2) is 42.5 Å². The molecule has 1 aliphatic rings. The van der Waals surface area contributed by atoms with Crippen molar-refractivity contribution >= 4 is 5.78 Å². The second kappa shape index (κ2) is 5.82. The van der Waals surface area contributed by atoms with Gasteiger partial charge in [0.05, 0.1) is 13.2 Å². The van der Waals surface area contributed by atoms with E-state index in [1.807, 2.05) is 30.3 Å². The first-order chi connectivity index (χ1) is 10.2. The standard InChI is InChI=1S/C19H20O2/c1-3-13(2)14-4-6-15(7-5-14)19(20)16-8-9-17-11-21-12-18(17)10-16/h4-10,13H,3,11-12H2,1-2H3. The summed E-state index contributed by atoms with van der Waals surface area (Å²) in [5.41, 5.74) is 5.11. The van der Waals surface area contributed by atoms with Crippen LogP contribution in [0.3, 0.4) is 0 Å². The number of ketones is 1. The Labute approximate surface area is 125 Å². The van der Waals surface area contributed by atoms with Gasteiger partial charge in [-0.2, -0.15) is 0 Å². The second-order valence-electron chi connectivity index (χ2n) is 5.74. The molecular formula is C19H20O2. The predicted molar refractivity (Wildman–Crippen MR) is 83.5 cm³/mol. The zero-order chi connectivity index (χ0) is 14.8. The minimum Gasteiger partial charge on any atom is -0.372 e. The van der Waals surface area contributed by atoms with Crippen LogP contribution in [0, 0.1) is 0 Å². The number of carbonyl (C=O) groups is 1. The maximum absolute atomic E-state index is 12.6. The van der Waals surface area contributed by atoms with E-state index < -0.39 is 0 Å². The lowest BCUT2D eigenvalue weighted by atomic mass is 9.95. The van der Waals surface area contributed by atoms with E-state index in [1.54, 1.807) is 0 Å². The molecule has 2 heteroatoms. The Kier molecular flexibility index (Phi) is 3.89. The van der Waals surface area contributed by atoms with Gasteiger partial charge < -0.3 is 4.74 Å². The lowest BCUT2D eigenvalue weighted by Crippen LogP contribution is -2.03. The molecular weight excluding hydrogens is 260 g/mol. The van der Waals surface area contributed by atoms with Crippen molar-refractivity contribution in [2.75, 3.05) is 0 Å². The number of carbonyl (C=O) groups excluding carboxylic acids is 1. The maximum atomic E-state index is 12.6. The summed E-state index contributed by atoms with van der Waals surface area (Å²) in [6.07, 6.45) is 1.11. The number of rotatable bonds is 4. The fourth-order valence-corrected chi connectivity index (χ4v) is 2.68. The summed E-state index contributed by atoms with van der Waals surface area (Å²) in [5.74, 6) is 0.617. The number of benzene rings is 2.